The monoisotopic (exact) mass is 182 g/mol. The molecule has 1 spiro atoms. The smallest absolute Gasteiger partial charge is 0.0693 e. The third-order valence-electron chi connectivity index (χ3n) is 3.37. The van der Waals surface area contributed by atoms with E-state index in [-0.39, 0.29) is 5.66 Å². The maximum atomic E-state index is 3.79. The lowest BCUT2D eigenvalue weighted by atomic mass is 9.88. The number of hydrogen-bond acceptors (Lipinski definition) is 2. The summed E-state index contributed by atoms with van der Waals surface area (Å²) in [7, 11) is 0. The second-order valence-electron chi connectivity index (χ2n) is 5.55. The summed E-state index contributed by atoms with van der Waals surface area (Å²) in [6.45, 7) is 6.96. The fourth-order valence-corrected chi connectivity index (χ4v) is 3.27. The summed E-state index contributed by atoms with van der Waals surface area (Å²) in [5, 5.41) is 7.52. The molecule has 1 saturated carbocycles. The van der Waals surface area contributed by atoms with Crippen LogP contribution in [-0.4, -0.2) is 17.2 Å². The quantitative estimate of drug-likeness (QED) is 0.599. The van der Waals surface area contributed by atoms with Gasteiger partial charge in [-0.2, -0.15) is 0 Å². The first-order valence-electron chi connectivity index (χ1n) is 5.58. The van der Waals surface area contributed by atoms with Gasteiger partial charge in [-0.1, -0.05) is 12.8 Å². The molecule has 76 valence electrons. The molecule has 0 amide bonds. The van der Waals surface area contributed by atoms with E-state index in [0.29, 0.717) is 11.6 Å². The van der Waals surface area contributed by atoms with E-state index in [1.165, 1.54) is 32.1 Å². The molecule has 0 aromatic heterocycles. The molecule has 0 bridgehead atoms. The minimum absolute atomic E-state index is 0.279. The standard InChI is InChI=1S/C11H22N2/c1-9-8-10(2,3)13-11(12-9)6-4-5-7-11/h9,12-13H,4-8H2,1-3H3/t9-/m1/s1. The Labute approximate surface area is 81.5 Å². The lowest BCUT2D eigenvalue weighted by molar-refractivity contribution is 0.105. The first-order valence-corrected chi connectivity index (χ1v) is 5.58. The molecular formula is C11H22N2. The second kappa shape index (κ2) is 2.96. The average molecular weight is 182 g/mol. The van der Waals surface area contributed by atoms with E-state index in [1.807, 2.05) is 0 Å². The van der Waals surface area contributed by atoms with Crippen LogP contribution >= 0.6 is 0 Å². The minimum Gasteiger partial charge on any atom is -0.297 e. The SMILES string of the molecule is C[C@@H]1CC(C)(C)NC2(CCCC2)N1. The van der Waals surface area contributed by atoms with Gasteiger partial charge < -0.3 is 0 Å². The van der Waals surface area contributed by atoms with Crippen molar-refractivity contribution in [2.45, 2.75) is 70.1 Å². The highest BCUT2D eigenvalue weighted by Crippen LogP contribution is 2.34. The predicted octanol–water partition coefficient (Wildman–Crippen LogP) is 2.01. The van der Waals surface area contributed by atoms with Gasteiger partial charge in [-0.15, -0.1) is 0 Å². The average Bonchev–Trinajstić information content (AvgIpc) is 2.31. The van der Waals surface area contributed by atoms with Gasteiger partial charge in [-0.3, -0.25) is 10.6 Å². The first-order chi connectivity index (χ1) is 6.02. The van der Waals surface area contributed by atoms with E-state index in [2.05, 4.69) is 31.4 Å². The highest BCUT2D eigenvalue weighted by atomic mass is 15.3. The molecule has 2 nitrogen and oxygen atoms in total. The topological polar surface area (TPSA) is 24.1 Å². The van der Waals surface area contributed by atoms with Gasteiger partial charge in [0.05, 0.1) is 5.66 Å². The van der Waals surface area contributed by atoms with Crippen LogP contribution in [0.4, 0.5) is 0 Å². The molecule has 2 heteroatoms. The highest BCUT2D eigenvalue weighted by Gasteiger charge is 2.42. The Hall–Kier alpha value is -0.0800. The van der Waals surface area contributed by atoms with Crippen LogP contribution in [-0.2, 0) is 0 Å². The Balaban J connectivity index is 2.12. The molecule has 1 heterocycles. The van der Waals surface area contributed by atoms with Crippen molar-refractivity contribution < 1.29 is 0 Å². The molecule has 0 unspecified atom stereocenters. The van der Waals surface area contributed by atoms with Crippen molar-refractivity contribution in [3.63, 3.8) is 0 Å². The summed E-state index contributed by atoms with van der Waals surface area (Å²) in [6.07, 6.45) is 6.60. The zero-order chi connectivity index (χ0) is 9.53. The van der Waals surface area contributed by atoms with Gasteiger partial charge in [-0.25, -0.2) is 0 Å². The van der Waals surface area contributed by atoms with Gasteiger partial charge in [0.1, 0.15) is 0 Å². The van der Waals surface area contributed by atoms with Gasteiger partial charge in [0.25, 0.3) is 0 Å². The van der Waals surface area contributed by atoms with E-state index in [1.54, 1.807) is 0 Å². The van der Waals surface area contributed by atoms with Crippen LogP contribution in [0.15, 0.2) is 0 Å². The van der Waals surface area contributed by atoms with Crippen molar-refractivity contribution in [1.82, 2.24) is 10.6 Å². The molecule has 1 aliphatic heterocycles. The molecule has 0 aromatic rings. The predicted molar refractivity (Wildman–Crippen MR) is 55.6 cm³/mol. The molecule has 1 saturated heterocycles. The summed E-state index contributed by atoms with van der Waals surface area (Å²) in [4.78, 5) is 0. The van der Waals surface area contributed by atoms with Gasteiger partial charge in [0.15, 0.2) is 0 Å². The molecular weight excluding hydrogens is 160 g/mol. The van der Waals surface area contributed by atoms with Crippen molar-refractivity contribution in [1.29, 1.82) is 0 Å². The summed E-state index contributed by atoms with van der Waals surface area (Å²) in [5.41, 5.74) is 0.593. The lowest BCUT2D eigenvalue weighted by Gasteiger charge is -2.48. The number of rotatable bonds is 0. The molecule has 2 N–H and O–H groups in total. The molecule has 1 aliphatic carbocycles. The molecule has 2 rings (SSSR count). The zero-order valence-corrected chi connectivity index (χ0v) is 9.11. The summed E-state index contributed by atoms with van der Waals surface area (Å²) >= 11 is 0. The van der Waals surface area contributed by atoms with Crippen LogP contribution in [0.2, 0.25) is 0 Å². The molecule has 2 fully saturated rings. The third kappa shape index (κ3) is 1.89. The normalized spacial score (nSPS) is 36.7. The molecule has 0 radical (unpaired) electrons. The second-order valence-corrected chi connectivity index (χ2v) is 5.55. The summed E-state index contributed by atoms with van der Waals surface area (Å²) in [5.74, 6) is 0. The van der Waals surface area contributed by atoms with E-state index >= 15 is 0 Å². The van der Waals surface area contributed by atoms with Gasteiger partial charge in [-0.05, 0) is 40.0 Å². The van der Waals surface area contributed by atoms with Crippen LogP contribution in [0.3, 0.4) is 0 Å². The van der Waals surface area contributed by atoms with Gasteiger partial charge in [0, 0.05) is 11.6 Å². The lowest BCUT2D eigenvalue weighted by Crippen LogP contribution is -2.69. The summed E-state index contributed by atoms with van der Waals surface area (Å²) < 4.78 is 0. The molecule has 13 heavy (non-hydrogen) atoms. The van der Waals surface area contributed by atoms with E-state index in [4.69, 9.17) is 0 Å². The van der Waals surface area contributed by atoms with Gasteiger partial charge >= 0.3 is 0 Å². The molecule has 0 aromatic carbocycles. The number of hydrogen-bond donors (Lipinski definition) is 2. The van der Waals surface area contributed by atoms with Crippen LogP contribution in [0.25, 0.3) is 0 Å². The molecule has 1 atom stereocenters. The van der Waals surface area contributed by atoms with Crippen molar-refractivity contribution in [3.8, 4) is 0 Å². The van der Waals surface area contributed by atoms with Crippen LogP contribution in [0.5, 0.6) is 0 Å². The van der Waals surface area contributed by atoms with Crippen LogP contribution in [0.1, 0.15) is 52.9 Å². The molecule has 2 aliphatic rings. The van der Waals surface area contributed by atoms with Crippen LogP contribution < -0.4 is 10.6 Å². The maximum Gasteiger partial charge on any atom is 0.0693 e. The van der Waals surface area contributed by atoms with Crippen molar-refractivity contribution >= 4 is 0 Å². The largest absolute Gasteiger partial charge is 0.297 e. The fraction of sp³-hybridized carbons (Fsp3) is 1.00. The van der Waals surface area contributed by atoms with Crippen molar-refractivity contribution in [2.75, 3.05) is 0 Å². The van der Waals surface area contributed by atoms with E-state index in [0.717, 1.165) is 0 Å². The number of nitrogens with one attached hydrogen (secondary N) is 2. The van der Waals surface area contributed by atoms with Gasteiger partial charge in [0.2, 0.25) is 0 Å². The Morgan fingerprint density at radius 1 is 1.15 bits per heavy atom. The summed E-state index contributed by atoms with van der Waals surface area (Å²) in [6, 6.07) is 0.661. The zero-order valence-electron chi connectivity index (χ0n) is 9.11. The van der Waals surface area contributed by atoms with Crippen molar-refractivity contribution in [3.05, 3.63) is 0 Å². The Morgan fingerprint density at radius 2 is 1.77 bits per heavy atom. The third-order valence-corrected chi connectivity index (χ3v) is 3.37. The maximum absolute atomic E-state index is 3.79. The fourth-order valence-electron chi connectivity index (χ4n) is 3.27. The van der Waals surface area contributed by atoms with E-state index in [9.17, 15) is 0 Å². The Kier molecular flexibility index (Phi) is 2.16. The Bertz CT molecular complexity index is 192. The van der Waals surface area contributed by atoms with Crippen LogP contribution in [0, 0.1) is 0 Å². The van der Waals surface area contributed by atoms with Crippen molar-refractivity contribution in [2.24, 2.45) is 0 Å². The minimum atomic E-state index is 0.279. The highest BCUT2D eigenvalue weighted by molar-refractivity contribution is 5.02. The van der Waals surface area contributed by atoms with E-state index < -0.39 is 0 Å². The Morgan fingerprint density at radius 3 is 2.31 bits per heavy atom. The first kappa shape index (κ1) is 9.47.